The second kappa shape index (κ2) is 2.46. The molecule has 0 fully saturated rings. The Kier molecular flexibility index (Phi) is 1.30. The molecule has 2 aliphatic rings. The van der Waals surface area contributed by atoms with E-state index in [2.05, 4.69) is 34.6 Å². The SMILES string of the molecule is C1=CC(c2cccc3c2NCC3)=N1. The van der Waals surface area contributed by atoms with Crippen LogP contribution in [-0.4, -0.2) is 12.3 Å². The molecular formula is C11H10N2. The summed E-state index contributed by atoms with van der Waals surface area (Å²) in [6, 6.07) is 6.41. The molecule has 2 aliphatic heterocycles. The molecule has 3 rings (SSSR count). The average Bonchev–Trinajstić information content (AvgIpc) is 2.49. The fourth-order valence-electron chi connectivity index (χ4n) is 1.86. The van der Waals surface area contributed by atoms with Crippen molar-refractivity contribution in [2.75, 3.05) is 11.9 Å². The highest BCUT2D eigenvalue weighted by molar-refractivity contribution is 6.15. The summed E-state index contributed by atoms with van der Waals surface area (Å²) in [5.74, 6) is 0. The van der Waals surface area contributed by atoms with Gasteiger partial charge < -0.3 is 5.32 Å². The van der Waals surface area contributed by atoms with Gasteiger partial charge in [-0.05, 0) is 18.1 Å². The second-order valence-electron chi connectivity index (χ2n) is 3.35. The Morgan fingerprint density at radius 2 is 2.23 bits per heavy atom. The molecule has 0 spiro atoms. The molecule has 0 amide bonds. The van der Waals surface area contributed by atoms with Gasteiger partial charge in [0.2, 0.25) is 0 Å². The van der Waals surface area contributed by atoms with Crippen molar-refractivity contribution >= 4 is 11.4 Å². The molecule has 0 saturated carbocycles. The van der Waals surface area contributed by atoms with Gasteiger partial charge in [0.1, 0.15) is 0 Å². The van der Waals surface area contributed by atoms with E-state index in [1.165, 1.54) is 16.8 Å². The predicted octanol–water partition coefficient (Wildman–Crippen LogP) is 1.97. The number of aliphatic imine (C=N–C) groups is 1. The Morgan fingerprint density at radius 3 is 3.00 bits per heavy atom. The molecule has 1 aromatic carbocycles. The summed E-state index contributed by atoms with van der Waals surface area (Å²) in [4.78, 5) is 4.21. The molecule has 0 aliphatic carbocycles. The first-order valence-corrected chi connectivity index (χ1v) is 4.55. The van der Waals surface area contributed by atoms with E-state index in [9.17, 15) is 0 Å². The molecule has 64 valence electrons. The molecule has 0 saturated heterocycles. The summed E-state index contributed by atoms with van der Waals surface area (Å²) < 4.78 is 0. The molecule has 0 atom stereocenters. The highest BCUT2D eigenvalue weighted by Gasteiger charge is 2.16. The van der Waals surface area contributed by atoms with Crippen LogP contribution in [0.2, 0.25) is 0 Å². The summed E-state index contributed by atoms with van der Waals surface area (Å²) in [6.07, 6.45) is 5.03. The van der Waals surface area contributed by atoms with E-state index in [0.717, 1.165) is 18.7 Å². The molecule has 0 bridgehead atoms. The van der Waals surface area contributed by atoms with Gasteiger partial charge in [-0.25, -0.2) is 0 Å². The lowest BCUT2D eigenvalue weighted by atomic mass is 10.0. The molecule has 2 heterocycles. The monoisotopic (exact) mass is 170 g/mol. The molecule has 2 heteroatoms. The van der Waals surface area contributed by atoms with Crippen LogP contribution in [0.4, 0.5) is 5.69 Å². The number of fused-ring (bicyclic) bond motifs is 1. The molecule has 0 unspecified atom stereocenters. The van der Waals surface area contributed by atoms with Crippen molar-refractivity contribution in [1.82, 2.24) is 0 Å². The van der Waals surface area contributed by atoms with Gasteiger partial charge in [-0.15, -0.1) is 0 Å². The van der Waals surface area contributed by atoms with Gasteiger partial charge in [0, 0.05) is 24.0 Å². The number of hydrogen-bond acceptors (Lipinski definition) is 2. The number of anilines is 1. The minimum atomic E-state index is 1.06. The minimum Gasteiger partial charge on any atom is -0.384 e. The minimum absolute atomic E-state index is 1.06. The second-order valence-corrected chi connectivity index (χ2v) is 3.35. The topological polar surface area (TPSA) is 24.4 Å². The van der Waals surface area contributed by atoms with E-state index >= 15 is 0 Å². The lowest BCUT2D eigenvalue weighted by Crippen LogP contribution is -2.05. The largest absolute Gasteiger partial charge is 0.384 e. The predicted molar refractivity (Wildman–Crippen MR) is 54.3 cm³/mol. The van der Waals surface area contributed by atoms with Crippen LogP contribution < -0.4 is 5.32 Å². The average molecular weight is 170 g/mol. The van der Waals surface area contributed by atoms with Gasteiger partial charge in [-0.2, -0.15) is 0 Å². The highest BCUT2D eigenvalue weighted by atomic mass is 14.9. The number of allylic oxidation sites excluding steroid dienone is 1. The molecule has 0 radical (unpaired) electrons. The zero-order chi connectivity index (χ0) is 8.67. The normalized spacial score (nSPS) is 17.4. The standard InChI is InChI=1S/C11H10N2/c1-2-8-4-6-13-11(8)9(3-1)10-5-7-12-10/h1-3,5,7,13H,4,6H2. The third-order valence-corrected chi connectivity index (χ3v) is 2.57. The highest BCUT2D eigenvalue weighted by Crippen LogP contribution is 2.28. The van der Waals surface area contributed by atoms with Gasteiger partial charge in [-0.3, -0.25) is 4.99 Å². The number of rotatable bonds is 1. The van der Waals surface area contributed by atoms with Crippen molar-refractivity contribution in [2.24, 2.45) is 4.99 Å². The van der Waals surface area contributed by atoms with Crippen LogP contribution in [-0.2, 0) is 6.42 Å². The van der Waals surface area contributed by atoms with E-state index < -0.39 is 0 Å². The number of nitrogens with zero attached hydrogens (tertiary/aromatic N) is 1. The number of benzene rings is 1. The van der Waals surface area contributed by atoms with E-state index in [1.54, 1.807) is 0 Å². The van der Waals surface area contributed by atoms with Crippen LogP contribution in [0.5, 0.6) is 0 Å². The first-order chi connectivity index (χ1) is 6.45. The molecule has 2 nitrogen and oxygen atoms in total. The van der Waals surface area contributed by atoms with Crippen LogP contribution in [0.25, 0.3) is 0 Å². The number of para-hydroxylation sites is 1. The van der Waals surface area contributed by atoms with Crippen LogP contribution in [0.1, 0.15) is 11.1 Å². The Morgan fingerprint density at radius 1 is 1.31 bits per heavy atom. The summed E-state index contributed by atoms with van der Waals surface area (Å²) in [5, 5.41) is 3.40. The number of hydrogen-bond donors (Lipinski definition) is 1. The van der Waals surface area contributed by atoms with Crippen molar-refractivity contribution in [3.05, 3.63) is 41.6 Å². The molecule has 13 heavy (non-hydrogen) atoms. The Labute approximate surface area is 77.0 Å². The van der Waals surface area contributed by atoms with Crippen LogP contribution >= 0.6 is 0 Å². The van der Waals surface area contributed by atoms with E-state index in [0.29, 0.717) is 0 Å². The number of nitrogens with one attached hydrogen (secondary N) is 1. The third-order valence-electron chi connectivity index (χ3n) is 2.57. The van der Waals surface area contributed by atoms with Gasteiger partial charge in [0.25, 0.3) is 0 Å². The van der Waals surface area contributed by atoms with E-state index in [-0.39, 0.29) is 0 Å². The van der Waals surface area contributed by atoms with Crippen molar-refractivity contribution in [2.45, 2.75) is 6.42 Å². The van der Waals surface area contributed by atoms with Gasteiger partial charge >= 0.3 is 0 Å². The van der Waals surface area contributed by atoms with Crippen molar-refractivity contribution in [3.63, 3.8) is 0 Å². The maximum Gasteiger partial charge on any atom is 0.0738 e. The lowest BCUT2D eigenvalue weighted by molar-refractivity contribution is 1.11. The lowest BCUT2D eigenvalue weighted by Gasteiger charge is -2.11. The van der Waals surface area contributed by atoms with E-state index in [4.69, 9.17) is 0 Å². The fourth-order valence-corrected chi connectivity index (χ4v) is 1.86. The Bertz CT molecular complexity index is 416. The zero-order valence-corrected chi connectivity index (χ0v) is 7.25. The Balaban J connectivity index is 2.15. The smallest absolute Gasteiger partial charge is 0.0738 e. The molecule has 1 N–H and O–H groups in total. The van der Waals surface area contributed by atoms with Crippen molar-refractivity contribution in [3.8, 4) is 0 Å². The third kappa shape index (κ3) is 0.917. The van der Waals surface area contributed by atoms with Crippen LogP contribution in [0.3, 0.4) is 0 Å². The summed E-state index contributed by atoms with van der Waals surface area (Å²) in [5.41, 5.74) is 5.05. The fraction of sp³-hybridized carbons (Fsp3) is 0.182. The first-order valence-electron chi connectivity index (χ1n) is 4.55. The molecule has 1 aromatic rings. The summed E-state index contributed by atoms with van der Waals surface area (Å²) in [7, 11) is 0. The maximum absolute atomic E-state index is 4.21. The Hall–Kier alpha value is -1.57. The van der Waals surface area contributed by atoms with E-state index in [1.807, 2.05) is 6.20 Å². The molecular weight excluding hydrogens is 160 g/mol. The van der Waals surface area contributed by atoms with Crippen molar-refractivity contribution < 1.29 is 0 Å². The zero-order valence-electron chi connectivity index (χ0n) is 7.25. The van der Waals surface area contributed by atoms with Crippen LogP contribution in [0, 0.1) is 0 Å². The summed E-state index contributed by atoms with van der Waals surface area (Å²) in [6.45, 7) is 1.06. The van der Waals surface area contributed by atoms with Gasteiger partial charge in [-0.1, -0.05) is 18.2 Å². The van der Waals surface area contributed by atoms with Gasteiger partial charge in [0.15, 0.2) is 0 Å². The quantitative estimate of drug-likeness (QED) is 0.684. The molecule has 0 aromatic heterocycles. The summed E-state index contributed by atoms with van der Waals surface area (Å²) >= 11 is 0. The van der Waals surface area contributed by atoms with Gasteiger partial charge in [0.05, 0.1) is 5.71 Å². The first kappa shape index (κ1) is 6.89. The maximum atomic E-state index is 4.21. The van der Waals surface area contributed by atoms with Crippen molar-refractivity contribution in [1.29, 1.82) is 0 Å². The van der Waals surface area contributed by atoms with Crippen LogP contribution in [0.15, 0.2) is 35.5 Å².